The van der Waals surface area contributed by atoms with Crippen molar-refractivity contribution in [1.29, 1.82) is 0 Å². The lowest BCUT2D eigenvalue weighted by molar-refractivity contribution is -0.147. The van der Waals surface area contributed by atoms with Crippen LogP contribution in [0.2, 0.25) is 0 Å². The van der Waals surface area contributed by atoms with Crippen LogP contribution < -0.4 is 0 Å². The number of aromatic amines is 1. The number of hydrogen-bond acceptors (Lipinski definition) is 5. The molecular formula is C14H16N2O4S. The van der Waals surface area contributed by atoms with E-state index < -0.39 is 17.1 Å². The molecule has 21 heavy (non-hydrogen) atoms. The summed E-state index contributed by atoms with van der Waals surface area (Å²) in [7, 11) is 0. The van der Waals surface area contributed by atoms with E-state index in [4.69, 9.17) is 4.74 Å². The molecule has 2 rings (SSSR count). The number of thioether (sulfide) groups is 1. The lowest BCUT2D eigenvalue weighted by Crippen LogP contribution is -2.34. The van der Waals surface area contributed by atoms with E-state index in [1.165, 1.54) is 0 Å². The number of imide groups is 1. The highest BCUT2D eigenvalue weighted by Crippen LogP contribution is 2.31. The van der Waals surface area contributed by atoms with Gasteiger partial charge in [0.25, 0.3) is 11.1 Å². The summed E-state index contributed by atoms with van der Waals surface area (Å²) in [5.41, 5.74) is 0.725. The average molecular weight is 308 g/mol. The fourth-order valence-corrected chi connectivity index (χ4v) is 2.48. The molecule has 6 nitrogen and oxygen atoms in total. The van der Waals surface area contributed by atoms with Crippen LogP contribution in [0.15, 0.2) is 23.2 Å². The molecule has 1 aliphatic rings. The van der Waals surface area contributed by atoms with Crippen LogP contribution >= 0.6 is 11.8 Å². The zero-order chi connectivity index (χ0) is 15.4. The molecule has 7 heteroatoms. The lowest BCUT2D eigenvalue weighted by Gasteiger charge is -2.12. The Morgan fingerprint density at radius 2 is 2.24 bits per heavy atom. The summed E-state index contributed by atoms with van der Waals surface area (Å²) in [6.45, 7) is 3.74. The molecule has 0 saturated carbocycles. The Morgan fingerprint density at radius 1 is 1.48 bits per heavy atom. The second kappa shape index (κ2) is 6.62. The van der Waals surface area contributed by atoms with Crippen molar-refractivity contribution in [3.05, 3.63) is 28.9 Å². The predicted molar refractivity (Wildman–Crippen MR) is 79.3 cm³/mol. The van der Waals surface area contributed by atoms with Crippen LogP contribution in [0.5, 0.6) is 0 Å². The number of ether oxygens (including phenoxy) is 1. The molecular weight excluding hydrogens is 292 g/mol. The van der Waals surface area contributed by atoms with Crippen LogP contribution in [0.25, 0.3) is 6.08 Å². The van der Waals surface area contributed by atoms with Crippen molar-refractivity contribution in [3.63, 3.8) is 0 Å². The molecule has 0 unspecified atom stereocenters. The Morgan fingerprint density at radius 3 is 2.86 bits per heavy atom. The summed E-state index contributed by atoms with van der Waals surface area (Å²) >= 11 is 0.817. The maximum Gasteiger partial charge on any atom is 0.326 e. The lowest BCUT2D eigenvalue weighted by atomic mass is 10.2. The van der Waals surface area contributed by atoms with Crippen LogP contribution in [0.3, 0.4) is 0 Å². The van der Waals surface area contributed by atoms with Gasteiger partial charge in [0.2, 0.25) is 0 Å². The predicted octanol–water partition coefficient (Wildman–Crippen LogP) is 2.25. The molecule has 112 valence electrons. The van der Waals surface area contributed by atoms with Crippen molar-refractivity contribution in [3.8, 4) is 0 Å². The van der Waals surface area contributed by atoms with Gasteiger partial charge in [-0.1, -0.05) is 13.8 Å². The number of esters is 1. The Kier molecular flexibility index (Phi) is 4.85. The van der Waals surface area contributed by atoms with Crippen LogP contribution in [0.1, 0.15) is 19.5 Å². The van der Waals surface area contributed by atoms with Crippen molar-refractivity contribution in [2.75, 3.05) is 13.2 Å². The minimum absolute atomic E-state index is 0.205. The van der Waals surface area contributed by atoms with E-state index in [1.54, 1.807) is 24.4 Å². The van der Waals surface area contributed by atoms with Gasteiger partial charge < -0.3 is 9.72 Å². The Labute approximate surface area is 126 Å². The largest absolute Gasteiger partial charge is 0.464 e. The van der Waals surface area contributed by atoms with E-state index in [-0.39, 0.29) is 19.1 Å². The van der Waals surface area contributed by atoms with E-state index in [9.17, 15) is 14.4 Å². The summed E-state index contributed by atoms with van der Waals surface area (Å²) in [5, 5.41) is -0.459. The molecule has 1 saturated heterocycles. The number of carbonyl (C=O) groups excluding carboxylic acids is 3. The zero-order valence-electron chi connectivity index (χ0n) is 11.8. The molecule has 1 N–H and O–H groups in total. The topological polar surface area (TPSA) is 79.5 Å². The Hall–Kier alpha value is -2.02. The minimum atomic E-state index is -0.577. The average Bonchev–Trinajstić information content (AvgIpc) is 3.01. The smallest absolute Gasteiger partial charge is 0.326 e. The highest BCUT2D eigenvalue weighted by atomic mass is 32.2. The first-order valence-electron chi connectivity index (χ1n) is 6.51. The van der Waals surface area contributed by atoms with Gasteiger partial charge in [-0.05, 0) is 35.9 Å². The number of rotatable bonds is 5. The summed E-state index contributed by atoms with van der Waals surface area (Å²) < 4.78 is 4.98. The van der Waals surface area contributed by atoms with Crippen molar-refractivity contribution in [2.45, 2.75) is 13.8 Å². The van der Waals surface area contributed by atoms with Crippen LogP contribution in [-0.2, 0) is 14.3 Å². The maximum atomic E-state index is 12.1. The van der Waals surface area contributed by atoms with Crippen molar-refractivity contribution < 1.29 is 19.1 Å². The van der Waals surface area contributed by atoms with Crippen LogP contribution in [0, 0.1) is 5.92 Å². The fraction of sp³-hybridized carbons (Fsp3) is 0.357. The van der Waals surface area contributed by atoms with Gasteiger partial charge in [-0.25, -0.2) is 0 Å². The third-order valence-electron chi connectivity index (χ3n) is 2.65. The molecule has 1 aliphatic heterocycles. The highest BCUT2D eigenvalue weighted by molar-refractivity contribution is 8.18. The van der Waals surface area contributed by atoms with E-state index in [1.807, 2.05) is 13.8 Å². The number of aromatic nitrogens is 1. The molecule has 1 fully saturated rings. The Bertz CT molecular complexity index is 578. The second-order valence-corrected chi connectivity index (χ2v) is 5.96. The van der Waals surface area contributed by atoms with E-state index in [0.717, 1.165) is 22.4 Å². The zero-order valence-corrected chi connectivity index (χ0v) is 12.6. The molecule has 1 aromatic rings. The highest BCUT2D eigenvalue weighted by Gasteiger charge is 2.36. The first-order chi connectivity index (χ1) is 9.97. The molecule has 1 aromatic heterocycles. The van der Waals surface area contributed by atoms with Gasteiger partial charge in [-0.2, -0.15) is 0 Å². The molecule has 0 radical (unpaired) electrons. The van der Waals surface area contributed by atoms with Gasteiger partial charge in [0, 0.05) is 11.9 Å². The van der Waals surface area contributed by atoms with E-state index >= 15 is 0 Å². The first-order valence-corrected chi connectivity index (χ1v) is 7.33. The SMILES string of the molecule is CC(C)COC(=O)CN1C(=O)S/C(=C/c2ccc[nH]2)C1=O. The Balaban J connectivity index is 2.00. The number of nitrogens with zero attached hydrogens (tertiary/aromatic N) is 1. The summed E-state index contributed by atoms with van der Waals surface area (Å²) in [6, 6.07) is 3.57. The van der Waals surface area contributed by atoms with Gasteiger partial charge in [0.05, 0.1) is 11.5 Å². The van der Waals surface area contributed by atoms with Crippen LogP contribution in [-0.4, -0.2) is 40.2 Å². The third-order valence-corrected chi connectivity index (χ3v) is 3.55. The number of amides is 2. The van der Waals surface area contributed by atoms with Gasteiger partial charge in [-0.15, -0.1) is 0 Å². The van der Waals surface area contributed by atoms with Gasteiger partial charge in [0.1, 0.15) is 6.54 Å². The minimum Gasteiger partial charge on any atom is -0.464 e. The maximum absolute atomic E-state index is 12.1. The van der Waals surface area contributed by atoms with Crippen molar-refractivity contribution in [2.24, 2.45) is 5.92 Å². The number of H-pyrrole nitrogens is 1. The number of carbonyl (C=O) groups is 3. The number of nitrogens with one attached hydrogen (secondary N) is 1. The van der Waals surface area contributed by atoms with E-state index in [2.05, 4.69) is 4.98 Å². The monoisotopic (exact) mass is 308 g/mol. The summed E-state index contributed by atoms with van der Waals surface area (Å²) in [4.78, 5) is 39.7. The molecule has 0 aliphatic carbocycles. The second-order valence-electron chi connectivity index (χ2n) is 4.97. The standard InChI is InChI=1S/C14H16N2O4S/c1-9(2)8-20-12(17)7-16-13(18)11(21-14(16)19)6-10-4-3-5-15-10/h3-6,9,15H,7-8H2,1-2H3/b11-6+. The molecule has 0 atom stereocenters. The molecule has 0 spiro atoms. The molecule has 0 bridgehead atoms. The van der Waals surface area contributed by atoms with Gasteiger partial charge >= 0.3 is 5.97 Å². The van der Waals surface area contributed by atoms with E-state index in [0.29, 0.717) is 4.91 Å². The third kappa shape index (κ3) is 3.98. The van der Waals surface area contributed by atoms with Crippen molar-refractivity contribution >= 4 is 35.0 Å². The van der Waals surface area contributed by atoms with Crippen LogP contribution in [0.4, 0.5) is 4.79 Å². The van der Waals surface area contributed by atoms with Gasteiger partial charge in [0.15, 0.2) is 0 Å². The fourth-order valence-electron chi connectivity index (χ4n) is 1.65. The van der Waals surface area contributed by atoms with Gasteiger partial charge in [-0.3, -0.25) is 19.3 Å². The quantitative estimate of drug-likeness (QED) is 0.666. The molecule has 2 amide bonds. The normalized spacial score (nSPS) is 17.1. The number of hydrogen-bond donors (Lipinski definition) is 1. The first kappa shape index (κ1) is 15.4. The van der Waals surface area contributed by atoms with Crippen molar-refractivity contribution in [1.82, 2.24) is 9.88 Å². The molecule has 0 aromatic carbocycles. The summed E-state index contributed by atoms with van der Waals surface area (Å²) in [5.74, 6) is -0.843. The summed E-state index contributed by atoms with van der Waals surface area (Å²) in [6.07, 6.45) is 3.31. The molecule has 2 heterocycles.